The summed E-state index contributed by atoms with van der Waals surface area (Å²) >= 11 is 0. The Balaban J connectivity index is 1.20. The Labute approximate surface area is 330 Å². The second-order valence-corrected chi connectivity index (χ2v) is 17.3. The average molecular weight is 720 g/mol. The van der Waals surface area contributed by atoms with Crippen molar-refractivity contribution in [1.29, 1.82) is 0 Å². The van der Waals surface area contributed by atoms with Crippen LogP contribution in [0, 0.1) is 0 Å². The molecule has 0 heterocycles. The fraction of sp³-hybridized carbons (Fsp3) is 0.200. The Kier molecular flexibility index (Phi) is 6.95. The summed E-state index contributed by atoms with van der Waals surface area (Å²) in [6.07, 6.45) is 9.88. The molecule has 0 aliphatic heterocycles. The van der Waals surface area contributed by atoms with Gasteiger partial charge >= 0.3 is 0 Å². The summed E-state index contributed by atoms with van der Waals surface area (Å²) < 4.78 is 0. The Morgan fingerprint density at radius 1 is 0.429 bits per heavy atom. The van der Waals surface area contributed by atoms with E-state index >= 15 is 0 Å². The van der Waals surface area contributed by atoms with E-state index in [1.807, 2.05) is 0 Å². The molecule has 4 aliphatic carbocycles. The summed E-state index contributed by atoms with van der Waals surface area (Å²) in [6, 6.07) is 53.6. The molecule has 0 amide bonds. The predicted molar refractivity (Wildman–Crippen MR) is 237 cm³/mol. The quantitative estimate of drug-likeness (QED) is 0.175. The standard InChI is InChI=1S/C55H45N/c1-55(2)49-25-12-11-22-46(49)54-48(52-40-18-7-5-16-36(40)30-37-17-6-8-19-41(37)52)32-39(33-50(54)55)56(38-27-26-34-14-3-4-15-35(34)31-38)51-29-28-45-43-21-10-9-20-42(43)44-23-13-24-47(51)53(44)45/h3-4,9-15,20-33H,5-8,16-19H2,1-2H3. The van der Waals surface area contributed by atoms with E-state index in [2.05, 4.69) is 158 Å². The number of fused-ring (bicyclic) bond motifs is 9. The van der Waals surface area contributed by atoms with Crippen molar-refractivity contribution in [2.45, 2.75) is 70.6 Å². The lowest BCUT2D eigenvalue weighted by Gasteiger charge is -2.32. The van der Waals surface area contributed by atoms with Crippen LogP contribution in [0.5, 0.6) is 0 Å². The molecular weight excluding hydrogens is 675 g/mol. The van der Waals surface area contributed by atoms with Gasteiger partial charge in [0.15, 0.2) is 0 Å². The molecule has 0 bridgehead atoms. The number of benzene rings is 8. The van der Waals surface area contributed by atoms with Crippen LogP contribution < -0.4 is 4.90 Å². The highest BCUT2D eigenvalue weighted by Gasteiger charge is 2.39. The van der Waals surface area contributed by atoms with E-state index in [9.17, 15) is 0 Å². The maximum atomic E-state index is 2.63. The first-order valence-corrected chi connectivity index (χ1v) is 20.9. The van der Waals surface area contributed by atoms with E-state index in [-0.39, 0.29) is 5.41 Å². The minimum absolute atomic E-state index is 0.149. The van der Waals surface area contributed by atoms with Crippen LogP contribution in [0.2, 0.25) is 0 Å². The van der Waals surface area contributed by atoms with Crippen LogP contribution in [0.25, 0.3) is 66.1 Å². The van der Waals surface area contributed by atoms with Crippen LogP contribution in [0.1, 0.15) is 72.9 Å². The number of anilines is 3. The molecule has 4 aliphatic rings. The van der Waals surface area contributed by atoms with E-state index in [1.54, 1.807) is 27.8 Å². The highest BCUT2D eigenvalue weighted by atomic mass is 15.1. The van der Waals surface area contributed by atoms with Crippen LogP contribution in [0.4, 0.5) is 17.1 Å². The molecule has 0 atom stereocenters. The zero-order valence-electron chi connectivity index (χ0n) is 32.4. The normalized spacial score (nSPS) is 15.6. The van der Waals surface area contributed by atoms with Crippen molar-refractivity contribution in [3.63, 3.8) is 0 Å². The first kappa shape index (κ1) is 32.3. The molecule has 0 saturated carbocycles. The summed E-state index contributed by atoms with van der Waals surface area (Å²) in [6.45, 7) is 4.91. The third kappa shape index (κ3) is 4.55. The molecule has 0 N–H and O–H groups in total. The molecule has 1 nitrogen and oxygen atoms in total. The number of nitrogens with zero attached hydrogens (tertiary/aromatic N) is 1. The van der Waals surface area contributed by atoms with Gasteiger partial charge in [-0.1, -0.05) is 123 Å². The van der Waals surface area contributed by atoms with Gasteiger partial charge in [0.1, 0.15) is 0 Å². The molecule has 8 aromatic rings. The minimum atomic E-state index is -0.149. The van der Waals surface area contributed by atoms with Crippen LogP contribution in [-0.2, 0) is 31.1 Å². The van der Waals surface area contributed by atoms with E-state index in [1.165, 1.54) is 140 Å². The van der Waals surface area contributed by atoms with Gasteiger partial charge in [-0.2, -0.15) is 0 Å². The first-order chi connectivity index (χ1) is 27.5. The zero-order valence-corrected chi connectivity index (χ0v) is 32.4. The van der Waals surface area contributed by atoms with Gasteiger partial charge in [-0.3, -0.25) is 0 Å². The molecule has 0 fully saturated rings. The van der Waals surface area contributed by atoms with Crippen molar-refractivity contribution < 1.29 is 0 Å². The summed E-state index contributed by atoms with van der Waals surface area (Å²) in [4.78, 5) is 2.60. The monoisotopic (exact) mass is 719 g/mol. The van der Waals surface area contributed by atoms with E-state index in [4.69, 9.17) is 0 Å². The van der Waals surface area contributed by atoms with Crippen molar-refractivity contribution in [2.75, 3.05) is 4.90 Å². The largest absolute Gasteiger partial charge is 0.310 e. The number of aryl methyl sites for hydroxylation is 2. The number of hydrogen-bond acceptors (Lipinski definition) is 1. The lowest BCUT2D eigenvalue weighted by molar-refractivity contribution is 0.658. The predicted octanol–water partition coefficient (Wildman–Crippen LogP) is 14.8. The molecule has 12 rings (SSSR count). The summed E-state index contributed by atoms with van der Waals surface area (Å²) in [5.41, 5.74) is 24.1. The second kappa shape index (κ2) is 12.0. The topological polar surface area (TPSA) is 3.24 Å². The third-order valence-electron chi connectivity index (χ3n) is 13.9. The zero-order chi connectivity index (χ0) is 37.1. The van der Waals surface area contributed by atoms with Crippen molar-refractivity contribution in [2.24, 2.45) is 0 Å². The molecule has 0 spiro atoms. The highest BCUT2D eigenvalue weighted by molar-refractivity contribution is 6.19. The lowest BCUT2D eigenvalue weighted by Crippen LogP contribution is -2.18. The van der Waals surface area contributed by atoms with Crippen molar-refractivity contribution in [3.8, 4) is 44.5 Å². The van der Waals surface area contributed by atoms with Gasteiger partial charge in [0, 0.05) is 22.2 Å². The molecule has 0 radical (unpaired) electrons. The summed E-state index contributed by atoms with van der Waals surface area (Å²) in [5, 5.41) is 5.18. The maximum absolute atomic E-state index is 2.63. The van der Waals surface area contributed by atoms with Crippen LogP contribution in [-0.4, -0.2) is 0 Å². The molecule has 0 saturated heterocycles. The smallest absolute Gasteiger partial charge is 0.0540 e. The van der Waals surface area contributed by atoms with E-state index in [0.717, 1.165) is 0 Å². The second-order valence-electron chi connectivity index (χ2n) is 17.3. The van der Waals surface area contributed by atoms with E-state index < -0.39 is 0 Å². The maximum Gasteiger partial charge on any atom is 0.0540 e. The number of rotatable bonds is 4. The number of hydrogen-bond donors (Lipinski definition) is 0. The fourth-order valence-corrected chi connectivity index (χ4v) is 11.3. The average Bonchev–Trinajstić information content (AvgIpc) is 3.69. The highest BCUT2D eigenvalue weighted by Crippen LogP contribution is 2.57. The molecule has 8 aromatic carbocycles. The van der Waals surface area contributed by atoms with Crippen molar-refractivity contribution >= 4 is 38.6 Å². The Morgan fingerprint density at radius 3 is 1.84 bits per heavy atom. The summed E-state index contributed by atoms with van der Waals surface area (Å²) in [7, 11) is 0. The molecular formula is C55H45N. The van der Waals surface area contributed by atoms with Crippen LogP contribution in [0.15, 0.2) is 140 Å². The first-order valence-electron chi connectivity index (χ1n) is 20.9. The molecule has 0 unspecified atom stereocenters. The van der Waals surface area contributed by atoms with Gasteiger partial charge < -0.3 is 4.90 Å². The lowest BCUT2D eigenvalue weighted by atomic mass is 9.75. The SMILES string of the molecule is CC1(C)c2ccccc2-c2c(-c3c4c(cc5c3CCCC5)CCCC4)cc(N(c3ccc4ccccc4c3)c3ccc4c5c(cccc35)-c3ccccc3-4)cc21. The molecule has 270 valence electrons. The van der Waals surface area contributed by atoms with Crippen LogP contribution >= 0.6 is 0 Å². The Bertz CT molecular complexity index is 2900. The van der Waals surface area contributed by atoms with Crippen molar-refractivity contribution in [1.82, 2.24) is 0 Å². The van der Waals surface area contributed by atoms with E-state index in [0.29, 0.717) is 0 Å². The summed E-state index contributed by atoms with van der Waals surface area (Å²) in [5.74, 6) is 0. The van der Waals surface area contributed by atoms with Gasteiger partial charge in [0.25, 0.3) is 0 Å². The Hall–Kier alpha value is -5.92. The molecule has 0 aromatic heterocycles. The van der Waals surface area contributed by atoms with Gasteiger partial charge in [0.05, 0.1) is 5.69 Å². The third-order valence-corrected chi connectivity index (χ3v) is 13.9. The van der Waals surface area contributed by atoms with Gasteiger partial charge in [0.2, 0.25) is 0 Å². The van der Waals surface area contributed by atoms with Gasteiger partial charge in [-0.05, 0) is 176 Å². The van der Waals surface area contributed by atoms with Gasteiger partial charge in [-0.25, -0.2) is 0 Å². The minimum Gasteiger partial charge on any atom is -0.310 e. The molecule has 1 heteroatoms. The van der Waals surface area contributed by atoms with Crippen molar-refractivity contribution in [3.05, 3.63) is 173 Å². The van der Waals surface area contributed by atoms with Crippen LogP contribution in [0.3, 0.4) is 0 Å². The Morgan fingerprint density at radius 2 is 1.07 bits per heavy atom. The van der Waals surface area contributed by atoms with Gasteiger partial charge in [-0.15, -0.1) is 0 Å². The fourth-order valence-electron chi connectivity index (χ4n) is 11.3. The molecule has 56 heavy (non-hydrogen) atoms.